The third kappa shape index (κ3) is 4.51. The predicted molar refractivity (Wildman–Crippen MR) is 67.6 cm³/mol. The van der Waals surface area contributed by atoms with Crippen LogP contribution < -0.4 is 0 Å². The molecular formula is C10H12BrF2N3O5. The Morgan fingerprint density at radius 3 is 2.24 bits per heavy atom. The Kier molecular flexibility index (Phi) is 6.31. The van der Waals surface area contributed by atoms with Crippen LogP contribution in [0.25, 0.3) is 10.4 Å². The number of hydrogen-bond acceptors (Lipinski definition) is 6. The van der Waals surface area contributed by atoms with Crippen LogP contribution >= 0.6 is 15.9 Å². The number of halogens is 3. The van der Waals surface area contributed by atoms with Crippen molar-refractivity contribution in [3.63, 3.8) is 0 Å². The number of carbonyl (C=O) groups is 2. The molecule has 1 saturated heterocycles. The molecule has 0 N–H and O–H groups in total. The van der Waals surface area contributed by atoms with Crippen molar-refractivity contribution in [3.05, 3.63) is 10.4 Å². The van der Waals surface area contributed by atoms with Crippen molar-refractivity contribution in [2.75, 3.05) is 0 Å². The lowest BCUT2D eigenvalue weighted by Crippen LogP contribution is -2.59. The molecule has 1 aliphatic heterocycles. The second kappa shape index (κ2) is 7.53. The van der Waals surface area contributed by atoms with E-state index in [4.69, 9.17) is 19.7 Å². The fourth-order valence-corrected chi connectivity index (χ4v) is 2.53. The van der Waals surface area contributed by atoms with Crippen LogP contribution in [0.15, 0.2) is 5.11 Å². The van der Waals surface area contributed by atoms with E-state index >= 15 is 0 Å². The van der Waals surface area contributed by atoms with Crippen LogP contribution in [0.5, 0.6) is 0 Å². The fourth-order valence-electron chi connectivity index (χ4n) is 1.87. The number of nitrogens with zero attached hydrogens (tertiary/aromatic N) is 3. The monoisotopic (exact) mass is 371 g/mol. The van der Waals surface area contributed by atoms with Crippen LogP contribution in [-0.4, -0.2) is 47.7 Å². The molecule has 0 aromatic rings. The van der Waals surface area contributed by atoms with Gasteiger partial charge in [0.05, 0.1) is 0 Å². The molecule has 1 rings (SSSR count). The molecule has 0 radical (unpaired) electrons. The number of ether oxygens (including phenoxy) is 3. The average Bonchev–Trinajstić information content (AvgIpc) is 2.35. The Morgan fingerprint density at radius 2 is 1.81 bits per heavy atom. The lowest BCUT2D eigenvalue weighted by Gasteiger charge is -2.41. The first kappa shape index (κ1) is 17.6. The quantitative estimate of drug-likeness (QED) is 0.246. The van der Waals surface area contributed by atoms with E-state index in [-0.39, 0.29) is 0 Å². The lowest BCUT2D eigenvalue weighted by atomic mass is 9.98. The van der Waals surface area contributed by atoms with Gasteiger partial charge in [0.15, 0.2) is 18.3 Å². The summed E-state index contributed by atoms with van der Waals surface area (Å²) in [6.45, 7) is 2.06. The van der Waals surface area contributed by atoms with Crippen molar-refractivity contribution in [1.82, 2.24) is 0 Å². The molecule has 0 unspecified atom stereocenters. The zero-order chi connectivity index (χ0) is 16.2. The van der Waals surface area contributed by atoms with Gasteiger partial charge in [-0.1, -0.05) is 21.0 Å². The first-order valence-corrected chi connectivity index (χ1v) is 6.65. The lowest BCUT2D eigenvalue weighted by molar-refractivity contribution is -0.219. The smallest absolute Gasteiger partial charge is 0.303 e. The molecule has 0 aromatic heterocycles. The third-order valence-corrected chi connectivity index (χ3v) is 3.33. The normalized spacial score (nSPS) is 32.2. The van der Waals surface area contributed by atoms with Gasteiger partial charge in [0.2, 0.25) is 0 Å². The number of esters is 2. The molecule has 5 atom stereocenters. The maximum atomic E-state index is 13.0. The van der Waals surface area contributed by atoms with Gasteiger partial charge in [0, 0.05) is 18.8 Å². The second-order valence-electron chi connectivity index (χ2n) is 4.13. The summed E-state index contributed by atoms with van der Waals surface area (Å²) in [4.78, 5) is 24.8. The number of hydrogen-bond donors (Lipinski definition) is 0. The minimum Gasteiger partial charge on any atom is -0.458 e. The van der Waals surface area contributed by atoms with E-state index < -0.39 is 47.7 Å². The molecule has 0 saturated carbocycles. The minimum absolute atomic E-state index is 0.801. The molecule has 8 nitrogen and oxygen atoms in total. The Balaban J connectivity index is 3.18. The summed E-state index contributed by atoms with van der Waals surface area (Å²) in [5.74, 6) is -1.66. The van der Waals surface area contributed by atoms with Gasteiger partial charge in [0.1, 0.15) is 11.1 Å². The highest BCUT2D eigenvalue weighted by Gasteiger charge is 2.52. The van der Waals surface area contributed by atoms with Crippen LogP contribution in [-0.2, 0) is 23.8 Å². The summed E-state index contributed by atoms with van der Waals surface area (Å²) in [6.07, 6.45) is -7.80. The summed E-state index contributed by atoms with van der Waals surface area (Å²) in [7, 11) is 0. The van der Waals surface area contributed by atoms with Crippen LogP contribution in [0.2, 0.25) is 0 Å². The summed E-state index contributed by atoms with van der Waals surface area (Å²) in [5.41, 5.74) is 8.52. The van der Waals surface area contributed by atoms with Crippen molar-refractivity contribution < 1.29 is 32.6 Å². The standard InChI is InChI=1S/C10H12BrF2N3O5/c1-3(17)19-6-5(15-16-14)9(11)21-8(10(12)13)7(6)20-4(2)18/h5-10H,1-2H3/t5-,6-,7-,8+,9+/m1/s1. The zero-order valence-electron chi connectivity index (χ0n) is 11.0. The summed E-state index contributed by atoms with van der Waals surface area (Å²) >= 11 is 2.94. The van der Waals surface area contributed by atoms with Gasteiger partial charge in [0.25, 0.3) is 6.43 Å². The number of carbonyl (C=O) groups excluding carboxylic acids is 2. The van der Waals surface area contributed by atoms with E-state index in [1.54, 1.807) is 0 Å². The second-order valence-corrected chi connectivity index (χ2v) is 5.03. The third-order valence-electron chi connectivity index (χ3n) is 2.58. The van der Waals surface area contributed by atoms with E-state index in [0.717, 1.165) is 13.8 Å². The minimum atomic E-state index is -3.00. The van der Waals surface area contributed by atoms with Crippen LogP contribution in [0.4, 0.5) is 8.78 Å². The van der Waals surface area contributed by atoms with E-state index in [1.807, 2.05) is 0 Å². The van der Waals surface area contributed by atoms with E-state index in [9.17, 15) is 18.4 Å². The molecule has 0 spiro atoms. The van der Waals surface area contributed by atoms with Crippen molar-refractivity contribution in [2.24, 2.45) is 5.11 Å². The average molecular weight is 372 g/mol. The maximum Gasteiger partial charge on any atom is 0.303 e. The number of rotatable bonds is 4. The predicted octanol–water partition coefficient (Wildman–Crippen LogP) is 1.91. The number of alkyl halides is 3. The molecule has 1 aliphatic rings. The molecule has 0 aliphatic carbocycles. The van der Waals surface area contributed by atoms with E-state index in [1.165, 1.54) is 0 Å². The van der Waals surface area contributed by atoms with E-state index in [2.05, 4.69) is 26.0 Å². The maximum absolute atomic E-state index is 13.0. The molecule has 1 heterocycles. The summed E-state index contributed by atoms with van der Waals surface area (Å²) in [5, 5.41) is 2.22. The van der Waals surface area contributed by atoms with Gasteiger partial charge < -0.3 is 14.2 Å². The Labute approximate surface area is 126 Å². The van der Waals surface area contributed by atoms with Gasteiger partial charge in [-0.2, -0.15) is 0 Å². The van der Waals surface area contributed by atoms with Crippen LogP contribution in [0.1, 0.15) is 13.8 Å². The van der Waals surface area contributed by atoms with Gasteiger partial charge in [-0.15, -0.1) is 0 Å². The van der Waals surface area contributed by atoms with E-state index in [0.29, 0.717) is 0 Å². The molecule has 0 amide bonds. The largest absolute Gasteiger partial charge is 0.458 e. The molecule has 21 heavy (non-hydrogen) atoms. The van der Waals surface area contributed by atoms with Crippen LogP contribution in [0.3, 0.4) is 0 Å². The molecule has 118 valence electrons. The first-order chi connectivity index (χ1) is 9.77. The van der Waals surface area contributed by atoms with Crippen molar-refractivity contribution in [3.8, 4) is 0 Å². The Morgan fingerprint density at radius 1 is 1.29 bits per heavy atom. The van der Waals surface area contributed by atoms with Gasteiger partial charge in [-0.25, -0.2) is 8.78 Å². The summed E-state index contributed by atoms with van der Waals surface area (Å²) in [6, 6.07) is -1.17. The zero-order valence-corrected chi connectivity index (χ0v) is 12.6. The topological polar surface area (TPSA) is 111 Å². The highest BCUT2D eigenvalue weighted by molar-refractivity contribution is 9.09. The first-order valence-electron chi connectivity index (χ1n) is 5.74. The molecular weight excluding hydrogens is 360 g/mol. The fraction of sp³-hybridized carbons (Fsp3) is 0.800. The van der Waals surface area contributed by atoms with Crippen molar-refractivity contribution >= 4 is 27.9 Å². The summed E-state index contributed by atoms with van der Waals surface area (Å²) < 4.78 is 40.7. The molecule has 11 heteroatoms. The SMILES string of the molecule is CC(=O)O[C@@H]1[C@@H](N=[N+]=[N-])[C@@H](Br)O[C@H](C(F)F)[C@@H]1OC(C)=O. The van der Waals surface area contributed by atoms with Crippen molar-refractivity contribution in [2.45, 2.75) is 49.6 Å². The highest BCUT2D eigenvalue weighted by atomic mass is 79.9. The van der Waals surface area contributed by atoms with Crippen LogP contribution in [0, 0.1) is 0 Å². The molecule has 1 fully saturated rings. The van der Waals surface area contributed by atoms with Crippen molar-refractivity contribution in [1.29, 1.82) is 0 Å². The van der Waals surface area contributed by atoms with Gasteiger partial charge >= 0.3 is 11.9 Å². The van der Waals surface area contributed by atoms with Gasteiger partial charge in [-0.05, 0) is 5.53 Å². The molecule has 0 bridgehead atoms. The Hall–Kier alpha value is -1.45. The Bertz CT molecular complexity index is 460. The molecule has 0 aromatic carbocycles. The highest BCUT2D eigenvalue weighted by Crippen LogP contribution is 2.33. The van der Waals surface area contributed by atoms with Gasteiger partial charge in [-0.3, -0.25) is 9.59 Å². The number of azide groups is 1.